The van der Waals surface area contributed by atoms with Crippen LogP contribution in [-0.2, 0) is 14.2 Å². The van der Waals surface area contributed by atoms with Crippen molar-refractivity contribution in [2.75, 3.05) is 33.0 Å². The smallest absolute Gasteiger partial charge is 0.343 e. The second kappa shape index (κ2) is 17.4. The number of carbonyl (C=O) groups is 2. The van der Waals surface area contributed by atoms with Gasteiger partial charge in [-0.1, -0.05) is 72.5 Å². The average Bonchev–Trinajstić information content (AvgIpc) is 3.53. The van der Waals surface area contributed by atoms with Crippen LogP contribution < -0.4 is 9.47 Å². The summed E-state index contributed by atoms with van der Waals surface area (Å²) in [4.78, 5) is 26.3. The number of esters is 2. The molecule has 7 heteroatoms. The lowest BCUT2D eigenvalue weighted by atomic mass is 9.47. The Bertz CT molecular complexity index is 1670. The highest BCUT2D eigenvalue weighted by molar-refractivity contribution is 5.94. The van der Waals surface area contributed by atoms with Crippen LogP contribution in [0.3, 0.4) is 0 Å². The van der Waals surface area contributed by atoms with Crippen LogP contribution in [0, 0.1) is 51.8 Å². The van der Waals surface area contributed by atoms with Crippen molar-refractivity contribution in [2.45, 2.75) is 125 Å². The molecule has 5 aliphatic rings. The normalized spacial score (nSPS) is 30.9. The van der Waals surface area contributed by atoms with Crippen molar-refractivity contribution in [1.29, 1.82) is 0 Å². The molecule has 306 valence electrons. The summed E-state index contributed by atoms with van der Waals surface area (Å²) >= 11 is 0. The van der Waals surface area contributed by atoms with E-state index >= 15 is 0 Å². The number of rotatable bonds is 16. The average molecular weight is 769 g/mol. The van der Waals surface area contributed by atoms with Gasteiger partial charge in [0.2, 0.25) is 0 Å². The summed E-state index contributed by atoms with van der Waals surface area (Å²) in [5.41, 5.74) is 3.20. The topological polar surface area (TPSA) is 80.3 Å². The maximum absolute atomic E-state index is 13.3. The van der Waals surface area contributed by atoms with Gasteiger partial charge in [-0.3, -0.25) is 0 Å². The van der Waals surface area contributed by atoms with Crippen molar-refractivity contribution < 1.29 is 33.3 Å². The molecule has 0 spiro atoms. The van der Waals surface area contributed by atoms with Gasteiger partial charge in [-0.25, -0.2) is 9.59 Å². The predicted octanol–water partition coefficient (Wildman–Crippen LogP) is 11.3. The van der Waals surface area contributed by atoms with Gasteiger partial charge >= 0.3 is 11.9 Å². The van der Waals surface area contributed by atoms with Crippen LogP contribution in [0.1, 0.15) is 139 Å². The van der Waals surface area contributed by atoms with E-state index in [1.165, 1.54) is 56.9 Å². The highest BCUT2D eigenvalue weighted by Crippen LogP contribution is 2.67. The summed E-state index contributed by atoms with van der Waals surface area (Å²) in [5.74, 6) is 5.14. The summed E-state index contributed by atoms with van der Waals surface area (Å²) in [6, 6.07) is 13.6. The quantitative estimate of drug-likeness (QED) is 0.0728. The molecular weight excluding hydrogens is 701 g/mol. The van der Waals surface area contributed by atoms with Gasteiger partial charge in [0.05, 0.1) is 37.6 Å². The first kappa shape index (κ1) is 41.0. The van der Waals surface area contributed by atoms with Crippen LogP contribution in [-0.4, -0.2) is 51.1 Å². The third-order valence-corrected chi connectivity index (χ3v) is 15.4. The number of fused-ring (bicyclic) bond motifs is 5. The molecule has 1 aliphatic heterocycles. The van der Waals surface area contributed by atoms with E-state index in [-0.39, 0.29) is 22.9 Å². The summed E-state index contributed by atoms with van der Waals surface area (Å²) in [7, 11) is 0. The second-order valence-corrected chi connectivity index (χ2v) is 19.2. The molecule has 2 aromatic rings. The van der Waals surface area contributed by atoms with Crippen molar-refractivity contribution in [3.63, 3.8) is 0 Å². The predicted molar refractivity (Wildman–Crippen MR) is 220 cm³/mol. The van der Waals surface area contributed by atoms with Crippen LogP contribution in [0.2, 0.25) is 0 Å². The molecule has 1 heterocycles. The van der Waals surface area contributed by atoms with Crippen molar-refractivity contribution in [2.24, 2.45) is 51.8 Å². The fourth-order valence-electron chi connectivity index (χ4n) is 11.8. The lowest BCUT2D eigenvalue weighted by molar-refractivity contribution is -0.151. The molecule has 8 atom stereocenters. The Balaban J connectivity index is 0.868. The van der Waals surface area contributed by atoms with Crippen LogP contribution in [0.4, 0.5) is 0 Å². The van der Waals surface area contributed by atoms with Gasteiger partial charge in [0.1, 0.15) is 24.2 Å². The van der Waals surface area contributed by atoms with Gasteiger partial charge in [-0.2, -0.15) is 0 Å². The number of benzene rings is 2. The lowest BCUT2D eigenvalue weighted by Crippen LogP contribution is -2.51. The minimum atomic E-state index is -0.488. The Morgan fingerprint density at radius 1 is 0.821 bits per heavy atom. The molecule has 0 amide bonds. The highest BCUT2D eigenvalue weighted by Gasteiger charge is 2.59. The van der Waals surface area contributed by atoms with Gasteiger partial charge in [0.15, 0.2) is 0 Å². The monoisotopic (exact) mass is 768 g/mol. The molecule has 2 aromatic carbocycles. The third-order valence-electron chi connectivity index (χ3n) is 15.4. The molecule has 0 radical (unpaired) electrons. The first-order valence-electron chi connectivity index (χ1n) is 22.0. The largest absolute Gasteiger partial charge is 0.491 e. The maximum atomic E-state index is 13.3. The van der Waals surface area contributed by atoms with E-state index in [2.05, 4.69) is 47.6 Å². The molecule has 56 heavy (non-hydrogen) atoms. The second-order valence-electron chi connectivity index (χ2n) is 19.2. The summed E-state index contributed by atoms with van der Waals surface area (Å²) < 4.78 is 28.7. The van der Waals surface area contributed by atoms with Gasteiger partial charge < -0.3 is 23.7 Å². The van der Waals surface area contributed by atoms with Gasteiger partial charge in [0, 0.05) is 11.8 Å². The Labute approximate surface area is 336 Å². The minimum absolute atomic E-state index is 0.116. The van der Waals surface area contributed by atoms with Crippen molar-refractivity contribution in [3.05, 3.63) is 71.3 Å². The molecular formula is C49H68O7. The Morgan fingerprint density at radius 3 is 2.21 bits per heavy atom. The fourth-order valence-corrected chi connectivity index (χ4v) is 11.8. The molecule has 4 aliphatic carbocycles. The van der Waals surface area contributed by atoms with E-state index in [0.717, 1.165) is 74.4 Å². The Morgan fingerprint density at radius 2 is 1.54 bits per heavy atom. The zero-order valence-electron chi connectivity index (χ0n) is 35.1. The first-order valence-corrected chi connectivity index (χ1v) is 22.0. The summed E-state index contributed by atoms with van der Waals surface area (Å²) in [5, 5.41) is 0. The SMILES string of the molecule is CCC1(COCCOc2ccc(OC(=O)c3ccc(C(=O)OC4CCC5(C)C(=CCC6C5CCC5(C)C(C(C)CCCC(C)C)CCC65)C4)cc3)cc2)COC1. The van der Waals surface area contributed by atoms with E-state index in [1.807, 2.05) is 0 Å². The summed E-state index contributed by atoms with van der Waals surface area (Å²) in [6.45, 7) is 17.8. The van der Waals surface area contributed by atoms with Crippen molar-refractivity contribution in [3.8, 4) is 11.5 Å². The molecule has 3 saturated carbocycles. The number of allylic oxidation sites excluding steroid dienone is 1. The van der Waals surface area contributed by atoms with E-state index in [0.29, 0.717) is 47.9 Å². The van der Waals surface area contributed by atoms with Gasteiger partial charge in [-0.05, 0) is 146 Å². The van der Waals surface area contributed by atoms with Crippen molar-refractivity contribution >= 4 is 11.9 Å². The standard InChI is InChI=1S/C49H68O7/c1-7-49(31-53-32-49)30-52-27-28-54-38-16-18-39(19-17-38)55-45(50)35-11-13-36(14-12-35)46(51)56-40-23-25-47(5)37(29-40)15-20-41-43-22-21-42(34(4)10-8-9-33(2)3)48(43,6)26-24-44(41)47/h11-19,33-34,40-44H,7-10,20-32H2,1-6H3. The molecule has 8 unspecified atom stereocenters. The molecule has 4 fully saturated rings. The minimum Gasteiger partial charge on any atom is -0.491 e. The maximum Gasteiger partial charge on any atom is 0.343 e. The van der Waals surface area contributed by atoms with Gasteiger partial charge in [0.25, 0.3) is 0 Å². The number of ether oxygens (including phenoxy) is 5. The fraction of sp³-hybridized carbons (Fsp3) is 0.673. The van der Waals surface area contributed by atoms with Crippen LogP contribution >= 0.6 is 0 Å². The van der Waals surface area contributed by atoms with Crippen LogP contribution in [0.5, 0.6) is 11.5 Å². The lowest BCUT2D eigenvalue weighted by Gasteiger charge is -2.58. The van der Waals surface area contributed by atoms with E-state index < -0.39 is 5.97 Å². The zero-order valence-corrected chi connectivity index (χ0v) is 35.1. The number of carbonyl (C=O) groups excluding carboxylic acids is 2. The van der Waals surface area contributed by atoms with Crippen LogP contribution in [0.15, 0.2) is 60.2 Å². The third kappa shape index (κ3) is 8.65. The molecule has 1 saturated heterocycles. The molecule has 7 nitrogen and oxygen atoms in total. The van der Waals surface area contributed by atoms with Gasteiger partial charge in [-0.15, -0.1) is 0 Å². The highest BCUT2D eigenvalue weighted by atomic mass is 16.5. The van der Waals surface area contributed by atoms with Crippen LogP contribution in [0.25, 0.3) is 0 Å². The molecule has 0 bridgehead atoms. The number of hydrogen-bond acceptors (Lipinski definition) is 7. The molecule has 7 rings (SSSR count). The zero-order chi connectivity index (χ0) is 39.5. The summed E-state index contributed by atoms with van der Waals surface area (Å²) in [6.07, 6.45) is 17.1. The molecule has 0 N–H and O–H groups in total. The van der Waals surface area contributed by atoms with Crippen molar-refractivity contribution in [1.82, 2.24) is 0 Å². The first-order chi connectivity index (χ1) is 26.9. The van der Waals surface area contributed by atoms with E-state index in [9.17, 15) is 9.59 Å². The number of hydrogen-bond donors (Lipinski definition) is 0. The van der Waals surface area contributed by atoms with E-state index in [1.54, 1.807) is 48.5 Å². The Kier molecular flexibility index (Phi) is 12.7. The van der Waals surface area contributed by atoms with E-state index in [4.69, 9.17) is 23.7 Å². The molecule has 0 aromatic heterocycles. The Hall–Kier alpha value is -3.16.